The number of benzene rings is 1. The fourth-order valence-electron chi connectivity index (χ4n) is 2.34. The highest BCUT2D eigenvalue weighted by Crippen LogP contribution is 2.32. The number of hydrogen-bond donors (Lipinski definition) is 1. The zero-order chi connectivity index (χ0) is 14.0. The molecule has 0 unspecified atom stereocenters. The second kappa shape index (κ2) is 5.63. The molecule has 0 aliphatic heterocycles. The van der Waals surface area contributed by atoms with Crippen molar-refractivity contribution in [1.82, 2.24) is 4.57 Å². The predicted molar refractivity (Wildman–Crippen MR) is 75.2 cm³/mol. The Morgan fingerprint density at radius 1 is 1.47 bits per heavy atom. The first-order valence-electron chi connectivity index (χ1n) is 6.13. The van der Waals surface area contributed by atoms with Crippen LogP contribution in [-0.2, 0) is 17.7 Å². The molecule has 2 aromatic rings. The molecule has 19 heavy (non-hydrogen) atoms. The second-order valence-electron chi connectivity index (χ2n) is 4.28. The molecule has 0 amide bonds. The number of nitrogens with zero attached hydrogens (tertiary/aromatic N) is 1. The van der Waals surface area contributed by atoms with Crippen LogP contribution in [0.2, 0.25) is 5.15 Å². The maximum atomic E-state index is 11.4. The molecule has 1 N–H and O–H groups in total. The van der Waals surface area contributed by atoms with Crippen LogP contribution in [0.15, 0.2) is 18.2 Å². The third-order valence-corrected chi connectivity index (χ3v) is 3.61. The quantitative estimate of drug-likeness (QED) is 0.916. The van der Waals surface area contributed by atoms with E-state index in [9.17, 15) is 9.90 Å². The SMILES string of the molecule is CCc1cccc2c(C(=O)O)c(Cl)n(CCOC)c12. The standard InChI is InChI=1S/C14H16ClNO3/c1-3-9-5-4-6-10-11(14(17)18)13(15)16(12(9)10)7-8-19-2/h4-6H,3,7-8H2,1-2H3,(H,17,18). The summed E-state index contributed by atoms with van der Waals surface area (Å²) in [5, 5.41) is 10.3. The number of hydrogen-bond acceptors (Lipinski definition) is 2. The number of carboxylic acids is 1. The van der Waals surface area contributed by atoms with Crippen molar-refractivity contribution in [2.75, 3.05) is 13.7 Å². The van der Waals surface area contributed by atoms with Crippen LogP contribution in [0.1, 0.15) is 22.8 Å². The molecule has 0 atom stereocenters. The number of methoxy groups -OCH3 is 1. The number of aromatic carboxylic acids is 1. The first-order chi connectivity index (χ1) is 9.11. The molecule has 0 fully saturated rings. The van der Waals surface area contributed by atoms with Crippen molar-refractivity contribution >= 4 is 28.5 Å². The van der Waals surface area contributed by atoms with Crippen LogP contribution in [0.3, 0.4) is 0 Å². The van der Waals surface area contributed by atoms with E-state index in [0.29, 0.717) is 18.5 Å². The summed E-state index contributed by atoms with van der Waals surface area (Å²) in [6, 6.07) is 5.66. The van der Waals surface area contributed by atoms with Crippen LogP contribution in [0.25, 0.3) is 10.9 Å². The van der Waals surface area contributed by atoms with Gasteiger partial charge >= 0.3 is 5.97 Å². The van der Waals surface area contributed by atoms with E-state index in [-0.39, 0.29) is 10.7 Å². The molecule has 0 bridgehead atoms. The third-order valence-electron chi connectivity index (χ3n) is 3.22. The maximum absolute atomic E-state index is 11.4. The third kappa shape index (κ3) is 2.33. The number of aryl methyl sites for hydroxylation is 1. The van der Waals surface area contributed by atoms with Crippen molar-refractivity contribution in [3.8, 4) is 0 Å². The van der Waals surface area contributed by atoms with Gasteiger partial charge in [0.05, 0.1) is 12.1 Å². The van der Waals surface area contributed by atoms with E-state index < -0.39 is 5.97 Å². The van der Waals surface area contributed by atoms with Crippen LogP contribution in [0.5, 0.6) is 0 Å². The van der Waals surface area contributed by atoms with Gasteiger partial charge in [-0.1, -0.05) is 36.7 Å². The van der Waals surface area contributed by atoms with Gasteiger partial charge in [0, 0.05) is 19.0 Å². The number of carboxylic acid groups (broad SMARTS) is 1. The highest BCUT2D eigenvalue weighted by atomic mass is 35.5. The topological polar surface area (TPSA) is 51.5 Å². The van der Waals surface area contributed by atoms with E-state index in [1.54, 1.807) is 13.2 Å². The minimum atomic E-state index is -1.00. The number of aromatic nitrogens is 1. The molecule has 5 heteroatoms. The zero-order valence-electron chi connectivity index (χ0n) is 10.9. The molecule has 4 nitrogen and oxygen atoms in total. The number of halogens is 1. The van der Waals surface area contributed by atoms with Gasteiger partial charge in [-0.2, -0.15) is 0 Å². The molecule has 1 aromatic heterocycles. The number of ether oxygens (including phenoxy) is 1. The van der Waals surface area contributed by atoms with Crippen LogP contribution in [0, 0.1) is 0 Å². The van der Waals surface area contributed by atoms with Gasteiger partial charge in [-0.25, -0.2) is 4.79 Å². The van der Waals surface area contributed by atoms with E-state index in [0.717, 1.165) is 17.5 Å². The average molecular weight is 282 g/mol. The van der Waals surface area contributed by atoms with E-state index >= 15 is 0 Å². The summed E-state index contributed by atoms with van der Waals surface area (Å²) < 4.78 is 6.89. The largest absolute Gasteiger partial charge is 0.478 e. The molecule has 1 aromatic carbocycles. The molecule has 2 rings (SSSR count). The molecule has 0 saturated carbocycles. The highest BCUT2D eigenvalue weighted by molar-refractivity contribution is 6.35. The monoisotopic (exact) mass is 281 g/mol. The maximum Gasteiger partial charge on any atom is 0.339 e. The van der Waals surface area contributed by atoms with Gasteiger partial charge in [0.1, 0.15) is 10.7 Å². The van der Waals surface area contributed by atoms with E-state index in [1.807, 2.05) is 23.6 Å². The van der Waals surface area contributed by atoms with Crippen molar-refractivity contribution < 1.29 is 14.6 Å². The molecular weight excluding hydrogens is 266 g/mol. The van der Waals surface area contributed by atoms with Crippen LogP contribution >= 0.6 is 11.6 Å². The van der Waals surface area contributed by atoms with Gasteiger partial charge in [0.15, 0.2) is 0 Å². The molecule has 0 aliphatic carbocycles. The predicted octanol–water partition coefficient (Wildman–Crippen LogP) is 3.20. The molecule has 0 radical (unpaired) electrons. The summed E-state index contributed by atoms with van der Waals surface area (Å²) in [7, 11) is 1.61. The lowest BCUT2D eigenvalue weighted by Gasteiger charge is -2.09. The van der Waals surface area contributed by atoms with Gasteiger partial charge in [0.2, 0.25) is 0 Å². The van der Waals surface area contributed by atoms with E-state index in [2.05, 4.69) is 0 Å². The average Bonchev–Trinajstić information content (AvgIpc) is 2.68. The minimum absolute atomic E-state index is 0.170. The number of para-hydroxylation sites is 1. The summed E-state index contributed by atoms with van der Waals surface area (Å²) in [5.74, 6) is -1.00. The van der Waals surface area contributed by atoms with Gasteiger partial charge in [0.25, 0.3) is 0 Å². The fourth-order valence-corrected chi connectivity index (χ4v) is 2.69. The Morgan fingerprint density at radius 2 is 2.21 bits per heavy atom. The summed E-state index contributed by atoms with van der Waals surface area (Å²) in [6.07, 6.45) is 0.823. The van der Waals surface area contributed by atoms with Gasteiger partial charge in [-0.15, -0.1) is 0 Å². The Balaban J connectivity index is 2.77. The van der Waals surface area contributed by atoms with Crippen molar-refractivity contribution in [3.63, 3.8) is 0 Å². The summed E-state index contributed by atoms with van der Waals surface area (Å²) in [6.45, 7) is 3.06. The van der Waals surface area contributed by atoms with Crippen LogP contribution in [-0.4, -0.2) is 29.4 Å². The van der Waals surface area contributed by atoms with Gasteiger partial charge in [-0.3, -0.25) is 0 Å². The Morgan fingerprint density at radius 3 is 2.79 bits per heavy atom. The summed E-state index contributed by atoms with van der Waals surface area (Å²) in [5.41, 5.74) is 2.15. The van der Waals surface area contributed by atoms with Gasteiger partial charge in [-0.05, 0) is 12.0 Å². The number of rotatable bonds is 5. The molecule has 1 heterocycles. The highest BCUT2D eigenvalue weighted by Gasteiger charge is 2.22. The van der Waals surface area contributed by atoms with E-state index in [1.165, 1.54) is 0 Å². The first-order valence-corrected chi connectivity index (χ1v) is 6.51. The van der Waals surface area contributed by atoms with Crippen molar-refractivity contribution in [2.45, 2.75) is 19.9 Å². The van der Waals surface area contributed by atoms with Crippen LogP contribution in [0.4, 0.5) is 0 Å². The van der Waals surface area contributed by atoms with Crippen molar-refractivity contribution in [3.05, 3.63) is 34.5 Å². The van der Waals surface area contributed by atoms with E-state index in [4.69, 9.17) is 16.3 Å². The molecule has 0 spiro atoms. The minimum Gasteiger partial charge on any atom is -0.478 e. The lowest BCUT2D eigenvalue weighted by Crippen LogP contribution is -2.06. The van der Waals surface area contributed by atoms with Crippen molar-refractivity contribution in [2.24, 2.45) is 0 Å². The number of carbonyl (C=O) groups is 1. The van der Waals surface area contributed by atoms with Crippen LogP contribution < -0.4 is 0 Å². The summed E-state index contributed by atoms with van der Waals surface area (Å²) in [4.78, 5) is 11.4. The Kier molecular flexibility index (Phi) is 4.12. The Hall–Kier alpha value is -1.52. The lowest BCUT2D eigenvalue weighted by atomic mass is 10.1. The summed E-state index contributed by atoms with van der Waals surface area (Å²) >= 11 is 6.24. The van der Waals surface area contributed by atoms with Gasteiger partial charge < -0.3 is 14.4 Å². The zero-order valence-corrected chi connectivity index (χ0v) is 11.7. The Labute approximate surface area is 116 Å². The molecular formula is C14H16ClNO3. The van der Waals surface area contributed by atoms with Crippen molar-refractivity contribution in [1.29, 1.82) is 0 Å². The molecule has 0 saturated heterocycles. The Bertz CT molecular complexity index is 619. The normalized spacial score (nSPS) is 11.1. The second-order valence-corrected chi connectivity index (χ2v) is 4.64. The number of fused-ring (bicyclic) bond motifs is 1. The molecule has 0 aliphatic rings. The smallest absolute Gasteiger partial charge is 0.339 e. The fraction of sp³-hybridized carbons (Fsp3) is 0.357. The first kappa shape index (κ1) is 13.9. The molecule has 102 valence electrons. The lowest BCUT2D eigenvalue weighted by molar-refractivity contribution is 0.0699.